The van der Waals surface area contributed by atoms with E-state index in [1.54, 1.807) is 0 Å². The number of anilines is 2. The molecule has 0 aliphatic carbocycles. The van der Waals surface area contributed by atoms with E-state index in [0.29, 0.717) is 12.5 Å². The molecule has 33 heavy (non-hydrogen) atoms. The van der Waals surface area contributed by atoms with E-state index in [1.807, 2.05) is 56.9 Å². The van der Waals surface area contributed by atoms with Gasteiger partial charge in [-0.05, 0) is 61.9 Å². The van der Waals surface area contributed by atoms with Crippen molar-refractivity contribution in [3.8, 4) is 0 Å². The molecule has 1 aromatic heterocycles. The topological polar surface area (TPSA) is 78.4 Å². The molecular formula is C26H35N5O2. The highest BCUT2D eigenvalue weighted by Crippen LogP contribution is 2.31. The molecular weight excluding hydrogens is 414 g/mol. The SMILES string of the molecule is Cc1ccc(N2CC[C@H](C(=O)Nc3ccc(C4CCN(C(=O)C(C)(C)C)CC4)cc3)C2)nn1. The molecule has 0 bridgehead atoms. The Bertz CT molecular complexity index is 973. The summed E-state index contributed by atoms with van der Waals surface area (Å²) in [4.78, 5) is 29.4. The fourth-order valence-corrected chi connectivity index (χ4v) is 4.72. The van der Waals surface area contributed by atoms with E-state index in [2.05, 4.69) is 32.5 Å². The summed E-state index contributed by atoms with van der Waals surface area (Å²) in [5, 5.41) is 11.4. The van der Waals surface area contributed by atoms with Crippen molar-refractivity contribution in [2.45, 2.75) is 52.9 Å². The van der Waals surface area contributed by atoms with Crippen molar-refractivity contribution < 1.29 is 9.59 Å². The molecule has 1 N–H and O–H groups in total. The van der Waals surface area contributed by atoms with Gasteiger partial charge in [0.15, 0.2) is 5.82 Å². The van der Waals surface area contributed by atoms with E-state index in [-0.39, 0.29) is 23.1 Å². The van der Waals surface area contributed by atoms with E-state index in [0.717, 1.165) is 56.1 Å². The molecule has 3 heterocycles. The number of carbonyl (C=O) groups excluding carboxylic acids is 2. The highest BCUT2D eigenvalue weighted by Gasteiger charge is 2.31. The molecule has 7 nitrogen and oxygen atoms in total. The standard InChI is InChI=1S/C26H35N5O2/c1-18-5-10-23(29-28-18)31-16-13-21(17-31)24(32)27-22-8-6-19(7-9-22)20-11-14-30(15-12-20)25(33)26(2,3)4/h5-10,20-21H,11-17H2,1-4H3,(H,27,32)/t21-/m0/s1. The average molecular weight is 450 g/mol. The van der Waals surface area contributed by atoms with Crippen LogP contribution in [0.5, 0.6) is 0 Å². The van der Waals surface area contributed by atoms with Crippen LogP contribution in [0.2, 0.25) is 0 Å². The van der Waals surface area contributed by atoms with Crippen molar-refractivity contribution in [1.82, 2.24) is 15.1 Å². The summed E-state index contributed by atoms with van der Waals surface area (Å²) in [6, 6.07) is 12.1. The van der Waals surface area contributed by atoms with Crippen LogP contribution in [0.4, 0.5) is 11.5 Å². The van der Waals surface area contributed by atoms with Crippen molar-refractivity contribution in [2.24, 2.45) is 11.3 Å². The molecule has 0 spiro atoms. The molecule has 0 saturated carbocycles. The van der Waals surface area contributed by atoms with Gasteiger partial charge >= 0.3 is 0 Å². The van der Waals surface area contributed by atoms with Crippen LogP contribution in [0.25, 0.3) is 0 Å². The Hall–Kier alpha value is -2.96. The van der Waals surface area contributed by atoms with Crippen molar-refractivity contribution in [1.29, 1.82) is 0 Å². The van der Waals surface area contributed by atoms with Crippen LogP contribution < -0.4 is 10.2 Å². The van der Waals surface area contributed by atoms with E-state index in [4.69, 9.17) is 0 Å². The number of likely N-dealkylation sites (tertiary alicyclic amines) is 1. The molecule has 2 aliphatic rings. The zero-order chi connectivity index (χ0) is 23.6. The Labute approximate surface area is 196 Å². The highest BCUT2D eigenvalue weighted by molar-refractivity contribution is 5.93. The minimum Gasteiger partial charge on any atom is -0.354 e. The minimum atomic E-state index is -0.323. The molecule has 2 aromatic rings. The fraction of sp³-hybridized carbons (Fsp3) is 0.538. The number of carbonyl (C=O) groups is 2. The smallest absolute Gasteiger partial charge is 0.229 e. The van der Waals surface area contributed by atoms with E-state index in [1.165, 1.54) is 5.56 Å². The van der Waals surface area contributed by atoms with Gasteiger partial charge in [-0.3, -0.25) is 9.59 Å². The summed E-state index contributed by atoms with van der Waals surface area (Å²) >= 11 is 0. The highest BCUT2D eigenvalue weighted by atomic mass is 16.2. The third-order valence-electron chi connectivity index (χ3n) is 6.74. The number of benzene rings is 1. The van der Waals surface area contributed by atoms with E-state index >= 15 is 0 Å². The third-order valence-corrected chi connectivity index (χ3v) is 6.74. The quantitative estimate of drug-likeness (QED) is 0.763. The summed E-state index contributed by atoms with van der Waals surface area (Å²) in [6.45, 7) is 10.9. The van der Waals surface area contributed by atoms with Gasteiger partial charge in [-0.1, -0.05) is 32.9 Å². The fourth-order valence-electron chi connectivity index (χ4n) is 4.72. The monoisotopic (exact) mass is 449 g/mol. The number of aryl methyl sites for hydroxylation is 1. The van der Waals surface area contributed by atoms with Gasteiger partial charge in [-0.25, -0.2) is 0 Å². The number of piperidine rings is 1. The normalized spacial score (nSPS) is 19.6. The predicted octanol–water partition coefficient (Wildman–Crippen LogP) is 4.00. The van der Waals surface area contributed by atoms with Gasteiger partial charge in [-0.15, -0.1) is 5.10 Å². The summed E-state index contributed by atoms with van der Waals surface area (Å²) in [5.74, 6) is 1.52. The van der Waals surface area contributed by atoms with Crippen LogP contribution in [0, 0.1) is 18.3 Å². The lowest BCUT2D eigenvalue weighted by atomic mass is 9.87. The van der Waals surface area contributed by atoms with Crippen molar-refractivity contribution in [3.63, 3.8) is 0 Å². The Morgan fingerprint density at radius 3 is 2.24 bits per heavy atom. The van der Waals surface area contributed by atoms with Crippen LogP contribution in [-0.4, -0.2) is 53.1 Å². The Morgan fingerprint density at radius 2 is 1.64 bits per heavy atom. The first kappa shape index (κ1) is 23.2. The number of nitrogens with one attached hydrogen (secondary N) is 1. The second-order valence-electron chi connectivity index (χ2n) is 10.4. The molecule has 0 radical (unpaired) electrons. The molecule has 1 aromatic carbocycles. The van der Waals surface area contributed by atoms with Crippen molar-refractivity contribution in [2.75, 3.05) is 36.4 Å². The molecule has 2 fully saturated rings. The van der Waals surface area contributed by atoms with Gasteiger partial charge in [0, 0.05) is 37.3 Å². The third kappa shape index (κ3) is 5.52. The first-order chi connectivity index (χ1) is 15.7. The average Bonchev–Trinajstić information content (AvgIpc) is 3.30. The lowest BCUT2D eigenvalue weighted by Gasteiger charge is -2.36. The van der Waals surface area contributed by atoms with Gasteiger partial charge in [0.2, 0.25) is 11.8 Å². The predicted molar refractivity (Wildman–Crippen MR) is 130 cm³/mol. The maximum absolute atomic E-state index is 12.8. The lowest BCUT2D eigenvalue weighted by molar-refractivity contribution is -0.140. The largest absolute Gasteiger partial charge is 0.354 e. The van der Waals surface area contributed by atoms with Gasteiger partial charge in [0.25, 0.3) is 0 Å². The minimum absolute atomic E-state index is 0.0549. The maximum Gasteiger partial charge on any atom is 0.229 e. The lowest BCUT2D eigenvalue weighted by Crippen LogP contribution is -2.43. The van der Waals surface area contributed by atoms with Crippen LogP contribution in [0.1, 0.15) is 57.2 Å². The van der Waals surface area contributed by atoms with Crippen LogP contribution in [0.15, 0.2) is 36.4 Å². The number of hydrogen-bond acceptors (Lipinski definition) is 5. The molecule has 0 unspecified atom stereocenters. The Balaban J connectivity index is 1.28. The zero-order valence-corrected chi connectivity index (χ0v) is 20.2. The molecule has 4 rings (SSSR count). The summed E-state index contributed by atoms with van der Waals surface area (Å²) < 4.78 is 0. The number of hydrogen-bond donors (Lipinski definition) is 1. The van der Waals surface area contributed by atoms with Crippen LogP contribution >= 0.6 is 0 Å². The maximum atomic E-state index is 12.8. The number of nitrogens with zero attached hydrogens (tertiary/aromatic N) is 4. The number of amides is 2. The summed E-state index contributed by atoms with van der Waals surface area (Å²) in [6.07, 6.45) is 2.77. The van der Waals surface area contributed by atoms with Gasteiger partial charge in [0.1, 0.15) is 0 Å². The van der Waals surface area contributed by atoms with E-state index < -0.39 is 0 Å². The second kappa shape index (κ2) is 9.49. The molecule has 2 saturated heterocycles. The zero-order valence-electron chi connectivity index (χ0n) is 20.2. The first-order valence-corrected chi connectivity index (χ1v) is 12.0. The van der Waals surface area contributed by atoms with Gasteiger partial charge < -0.3 is 15.1 Å². The van der Waals surface area contributed by atoms with Crippen LogP contribution in [-0.2, 0) is 9.59 Å². The number of aromatic nitrogens is 2. The second-order valence-corrected chi connectivity index (χ2v) is 10.4. The molecule has 2 amide bonds. The Morgan fingerprint density at radius 1 is 0.939 bits per heavy atom. The van der Waals surface area contributed by atoms with Crippen molar-refractivity contribution in [3.05, 3.63) is 47.7 Å². The van der Waals surface area contributed by atoms with Crippen molar-refractivity contribution >= 4 is 23.3 Å². The Kier molecular flexibility index (Phi) is 6.68. The summed E-state index contributed by atoms with van der Waals surface area (Å²) in [7, 11) is 0. The van der Waals surface area contributed by atoms with Gasteiger partial charge in [0.05, 0.1) is 11.6 Å². The van der Waals surface area contributed by atoms with Gasteiger partial charge in [-0.2, -0.15) is 5.10 Å². The molecule has 1 atom stereocenters. The molecule has 176 valence electrons. The first-order valence-electron chi connectivity index (χ1n) is 12.0. The van der Waals surface area contributed by atoms with Crippen LogP contribution in [0.3, 0.4) is 0 Å². The molecule has 2 aliphatic heterocycles. The van der Waals surface area contributed by atoms with E-state index in [9.17, 15) is 9.59 Å². The summed E-state index contributed by atoms with van der Waals surface area (Å²) in [5.41, 5.74) is 2.68. The number of rotatable bonds is 4. The molecule has 7 heteroatoms.